The highest BCUT2D eigenvalue weighted by molar-refractivity contribution is 5.89. The number of nitrogens with one attached hydrogen (secondary N) is 1. The van der Waals surface area contributed by atoms with E-state index in [4.69, 9.17) is 33.2 Å². The summed E-state index contributed by atoms with van der Waals surface area (Å²) >= 11 is 0. The quantitative estimate of drug-likeness (QED) is 0.151. The second-order valence-electron chi connectivity index (χ2n) is 19.3. The zero-order chi connectivity index (χ0) is 43.6. The highest BCUT2D eigenvalue weighted by Gasteiger charge is 2.79. The van der Waals surface area contributed by atoms with Gasteiger partial charge in [-0.3, -0.25) is 4.79 Å². The lowest BCUT2D eigenvalue weighted by Gasteiger charge is -2.71. The summed E-state index contributed by atoms with van der Waals surface area (Å²) in [6.45, 7) is 23.6. The Hall–Kier alpha value is -3.82. The summed E-state index contributed by atoms with van der Waals surface area (Å²) in [5, 5.41) is 28.0. The molecular weight excluding hydrogens is 762 g/mol. The summed E-state index contributed by atoms with van der Waals surface area (Å²) in [6.07, 6.45) is -6.18. The normalized spacial score (nSPS) is 36.8. The molecule has 2 saturated carbocycles. The van der Waals surface area contributed by atoms with Crippen molar-refractivity contribution in [2.24, 2.45) is 28.6 Å². The van der Waals surface area contributed by atoms with Gasteiger partial charge in [0.15, 0.2) is 18.0 Å². The van der Waals surface area contributed by atoms with Crippen molar-refractivity contribution in [3.8, 4) is 0 Å². The molecule has 4 fully saturated rings. The minimum absolute atomic E-state index is 0.0405. The van der Waals surface area contributed by atoms with Crippen molar-refractivity contribution in [1.29, 1.82) is 0 Å². The van der Waals surface area contributed by atoms with Gasteiger partial charge in [0.05, 0.1) is 36.3 Å². The van der Waals surface area contributed by atoms with Gasteiger partial charge in [0, 0.05) is 36.5 Å². The van der Waals surface area contributed by atoms with Gasteiger partial charge in [-0.15, -0.1) is 0 Å². The van der Waals surface area contributed by atoms with Crippen LogP contribution >= 0.6 is 0 Å². The van der Waals surface area contributed by atoms with Crippen LogP contribution in [0.2, 0.25) is 0 Å². The molecule has 2 unspecified atom stereocenters. The first-order valence-corrected chi connectivity index (χ1v) is 20.7. The van der Waals surface area contributed by atoms with E-state index in [1.807, 2.05) is 48.5 Å². The fraction of sp³-hybridized carbons (Fsp3) is 0.689. The molecule has 2 heterocycles. The predicted octanol–water partition coefficient (Wildman–Crippen LogP) is 5.57. The third-order valence-corrected chi connectivity index (χ3v) is 13.5. The van der Waals surface area contributed by atoms with Crippen molar-refractivity contribution in [3.05, 3.63) is 59.7 Å². The Labute approximate surface area is 347 Å². The molecule has 1 aromatic rings. The van der Waals surface area contributed by atoms with Gasteiger partial charge in [-0.1, -0.05) is 71.9 Å². The minimum atomic E-state index is -2.02. The summed E-state index contributed by atoms with van der Waals surface area (Å²) in [4.78, 5) is 54.5. The average Bonchev–Trinajstić information content (AvgIpc) is 3.12. The number of aliphatic hydroxyl groups is 2. The first-order chi connectivity index (χ1) is 27.4. The van der Waals surface area contributed by atoms with Gasteiger partial charge in [-0.2, -0.15) is 0 Å². The Morgan fingerprint density at radius 2 is 1.71 bits per heavy atom. The largest absolute Gasteiger partial charge is 0.456 e. The van der Waals surface area contributed by atoms with Crippen LogP contribution in [0.15, 0.2) is 54.1 Å². The summed E-state index contributed by atoms with van der Waals surface area (Å²) in [6, 6.07) is 7.32. The Morgan fingerprint density at radius 1 is 1.05 bits per heavy atom. The van der Waals surface area contributed by atoms with Gasteiger partial charge in [-0.05, 0) is 63.8 Å². The number of carbonyl (C=O) groups is 4. The van der Waals surface area contributed by atoms with Crippen LogP contribution in [0.4, 0.5) is 4.79 Å². The Morgan fingerprint density at radius 3 is 2.27 bits per heavy atom. The molecular formula is C45H63NO13. The number of carbonyl (C=O) groups excluding carboxylic acids is 4. The number of ether oxygens (including phenoxy) is 7. The number of amides is 1. The van der Waals surface area contributed by atoms with E-state index in [1.54, 1.807) is 57.2 Å². The zero-order valence-corrected chi connectivity index (χ0v) is 36.2. The molecule has 1 amide bonds. The Bertz CT molecular complexity index is 1840. The molecule has 13 atom stereocenters. The van der Waals surface area contributed by atoms with E-state index in [0.29, 0.717) is 17.6 Å². The molecule has 59 heavy (non-hydrogen) atoms. The lowest BCUT2D eigenvalue weighted by molar-refractivity contribution is -0.403. The van der Waals surface area contributed by atoms with Crippen LogP contribution in [0.1, 0.15) is 106 Å². The molecule has 0 radical (unpaired) electrons. The first-order valence-electron chi connectivity index (χ1n) is 20.7. The van der Waals surface area contributed by atoms with Gasteiger partial charge in [0.1, 0.15) is 29.5 Å². The van der Waals surface area contributed by atoms with Crippen molar-refractivity contribution in [2.45, 2.75) is 161 Å². The molecule has 5 aliphatic rings. The molecule has 14 heteroatoms. The number of hydrogen-bond donors (Lipinski definition) is 3. The predicted molar refractivity (Wildman–Crippen MR) is 214 cm³/mol. The van der Waals surface area contributed by atoms with Crippen LogP contribution in [-0.2, 0) is 42.7 Å². The van der Waals surface area contributed by atoms with E-state index in [1.165, 1.54) is 6.92 Å². The number of rotatable bonds is 10. The maximum atomic E-state index is 14.4. The number of esters is 3. The fourth-order valence-corrected chi connectivity index (χ4v) is 11.0. The lowest BCUT2D eigenvalue weighted by atomic mass is 9.43. The highest BCUT2D eigenvalue weighted by Crippen LogP contribution is 2.68. The summed E-state index contributed by atoms with van der Waals surface area (Å²) in [7, 11) is 0. The number of benzene rings is 1. The van der Waals surface area contributed by atoms with Crippen LogP contribution < -0.4 is 5.32 Å². The third kappa shape index (κ3) is 7.73. The first kappa shape index (κ1) is 44.7. The van der Waals surface area contributed by atoms with E-state index in [2.05, 4.69) is 11.9 Å². The maximum Gasteiger partial charge on any atom is 0.407 e. The van der Waals surface area contributed by atoms with Crippen LogP contribution in [-0.4, -0.2) is 107 Å². The van der Waals surface area contributed by atoms with Crippen molar-refractivity contribution in [3.63, 3.8) is 0 Å². The van der Waals surface area contributed by atoms with Crippen molar-refractivity contribution < 1.29 is 62.5 Å². The Balaban J connectivity index is 1.51. The van der Waals surface area contributed by atoms with Gasteiger partial charge < -0.3 is 48.7 Å². The molecule has 2 bridgehead atoms. The highest BCUT2D eigenvalue weighted by atomic mass is 16.7. The third-order valence-electron chi connectivity index (χ3n) is 13.5. The van der Waals surface area contributed by atoms with Gasteiger partial charge in [0.2, 0.25) is 0 Å². The summed E-state index contributed by atoms with van der Waals surface area (Å²) < 4.78 is 44.1. The minimum Gasteiger partial charge on any atom is -0.456 e. The Kier molecular flexibility index (Phi) is 12.1. The smallest absolute Gasteiger partial charge is 0.407 e. The van der Waals surface area contributed by atoms with Gasteiger partial charge in [-0.25, -0.2) is 14.4 Å². The molecule has 6 rings (SSSR count). The molecule has 3 N–H and O–H groups in total. The van der Waals surface area contributed by atoms with Crippen molar-refractivity contribution >= 4 is 24.0 Å². The van der Waals surface area contributed by atoms with Crippen molar-refractivity contribution in [1.82, 2.24) is 5.32 Å². The van der Waals surface area contributed by atoms with Gasteiger partial charge >= 0.3 is 24.0 Å². The fourth-order valence-electron chi connectivity index (χ4n) is 11.0. The average molecular weight is 826 g/mol. The van der Waals surface area contributed by atoms with E-state index in [0.717, 1.165) is 0 Å². The van der Waals surface area contributed by atoms with E-state index >= 15 is 0 Å². The number of alkyl carbamates (subject to hydrolysis) is 1. The van der Waals surface area contributed by atoms with Crippen LogP contribution in [0.3, 0.4) is 0 Å². The number of hydrogen-bond acceptors (Lipinski definition) is 13. The number of aliphatic hydroxyl groups excluding tert-OH is 1. The summed E-state index contributed by atoms with van der Waals surface area (Å²) in [5.41, 5.74) is -4.96. The van der Waals surface area contributed by atoms with Crippen LogP contribution in [0.5, 0.6) is 0 Å². The standard InChI is InChI=1S/C45H63NO13/c1-13-32-55-30-20-31-44(22-53-31,58-26(6)47)35-37(57-38(49)27-17-15-14-16-18-27)45(52)21-29(24(4)33(42(45,10)11)25(5)36(56-32)43(30,35)12)54-39(50)34(48)28(19-23(2)3)46-40(51)59-41(7,8)9/h13-18,23,25,28-32,34-37,48,52H,1,19-22H2,2-12H3,(H,46,51)/t25?,28-,29-,30-,31+,32-,34+,35?,36-,37-,43+,44-,45+/m0/s1. The molecule has 1 aromatic carbocycles. The second kappa shape index (κ2) is 15.9. The summed E-state index contributed by atoms with van der Waals surface area (Å²) in [5.74, 6) is -3.85. The van der Waals surface area contributed by atoms with Crippen LogP contribution in [0.25, 0.3) is 0 Å². The molecule has 14 nitrogen and oxygen atoms in total. The molecule has 326 valence electrons. The zero-order valence-electron chi connectivity index (χ0n) is 36.2. The number of fused-ring (bicyclic) bond motifs is 4. The molecule has 0 spiro atoms. The van der Waals surface area contributed by atoms with Crippen molar-refractivity contribution in [2.75, 3.05) is 6.61 Å². The lowest BCUT2D eigenvalue weighted by Crippen LogP contribution is -2.83. The van der Waals surface area contributed by atoms with Gasteiger partial charge in [0.25, 0.3) is 0 Å². The monoisotopic (exact) mass is 825 g/mol. The second-order valence-corrected chi connectivity index (χ2v) is 19.3. The topological polar surface area (TPSA) is 185 Å². The molecule has 2 saturated heterocycles. The molecule has 0 aromatic heterocycles. The van der Waals surface area contributed by atoms with E-state index in [9.17, 15) is 29.4 Å². The molecule has 2 aliphatic heterocycles. The molecule has 3 aliphatic carbocycles. The van der Waals surface area contributed by atoms with E-state index < -0.39 is 112 Å². The SMILES string of the molecule is C=C[C@H]1O[C@H]2C[C@H]3OC[C@@]3(OC(C)=O)C3[C@H](OC(=O)c4ccccc4)[C@]4(O)C[C@H](OC(=O)[C@H](O)[C@H](CC(C)C)NC(=O)OC(C)(C)C)C(C)=C(C(C)[C@H](O1)[C@@]32C)C4(C)C. The maximum absolute atomic E-state index is 14.4. The van der Waals surface area contributed by atoms with E-state index in [-0.39, 0.29) is 30.9 Å². The van der Waals surface area contributed by atoms with Crippen LogP contribution in [0, 0.1) is 28.6 Å².